The largest absolute Gasteiger partial charge is 0.376 e. The molecule has 0 unspecified atom stereocenters. The molecule has 0 saturated carbocycles. The average molecular weight is 164 g/mol. The molecule has 0 aliphatic rings. The van der Waals surface area contributed by atoms with Crippen LogP contribution in [0.3, 0.4) is 0 Å². The summed E-state index contributed by atoms with van der Waals surface area (Å²) in [6.07, 6.45) is 2.46. The third-order valence-corrected chi connectivity index (χ3v) is 1.25. The molecule has 0 heterocycles. The Balaban J connectivity index is 2.84. The first-order chi connectivity index (χ1) is 4.77. The van der Waals surface area contributed by atoms with E-state index in [9.17, 15) is 4.39 Å². The van der Waals surface area contributed by atoms with Crippen molar-refractivity contribution in [3.8, 4) is 0 Å². The molecule has 10 heavy (non-hydrogen) atoms. The number of alkyl halides is 1. The van der Waals surface area contributed by atoms with Crippen molar-refractivity contribution in [2.45, 2.75) is 19.3 Å². The molecule has 0 aliphatic carbocycles. The maximum atomic E-state index is 11.5. The molecule has 0 saturated heterocycles. The van der Waals surface area contributed by atoms with E-state index in [2.05, 4.69) is 17.5 Å². The Morgan fingerprint density at radius 3 is 2.60 bits per heavy atom. The fraction of sp³-hybridized carbons (Fsp3) is 0.833. The van der Waals surface area contributed by atoms with Gasteiger partial charge in [0.1, 0.15) is 0 Å². The Morgan fingerprint density at radius 2 is 2.10 bits per heavy atom. The van der Waals surface area contributed by atoms with Crippen LogP contribution in [-0.4, -0.2) is 18.3 Å². The fourth-order valence-electron chi connectivity index (χ4n) is 0.608. The topological polar surface area (TPSA) is 38.0 Å². The highest BCUT2D eigenvalue weighted by Gasteiger charge is 1.88. The molecule has 0 bridgehead atoms. The van der Waals surface area contributed by atoms with Crippen molar-refractivity contribution in [1.82, 2.24) is 5.32 Å². The minimum Gasteiger partial charge on any atom is -0.376 e. The monoisotopic (exact) mass is 164 g/mol. The first kappa shape index (κ1) is 9.62. The Labute approximate surface area is 66.0 Å². The first-order valence-corrected chi connectivity index (χ1v) is 3.77. The van der Waals surface area contributed by atoms with Gasteiger partial charge in [0.25, 0.3) is 0 Å². The lowest BCUT2D eigenvalue weighted by atomic mass is 10.2. The number of nitrogens with one attached hydrogen (secondary N) is 1. The Bertz CT molecular complexity index is 97.7. The van der Waals surface area contributed by atoms with Gasteiger partial charge in [-0.3, -0.25) is 4.39 Å². The van der Waals surface area contributed by atoms with Crippen molar-refractivity contribution in [3.63, 3.8) is 0 Å². The summed E-state index contributed by atoms with van der Waals surface area (Å²) in [6, 6.07) is 0. The molecule has 0 amide bonds. The van der Waals surface area contributed by atoms with Crippen LogP contribution in [0.25, 0.3) is 0 Å². The number of hydrogen-bond acceptors (Lipinski definition) is 1. The highest BCUT2D eigenvalue weighted by molar-refractivity contribution is 7.80. The molecule has 0 aromatic rings. The Kier molecular flexibility index (Phi) is 6.48. The average Bonchev–Trinajstić information content (AvgIpc) is 1.87. The van der Waals surface area contributed by atoms with E-state index < -0.39 is 0 Å². The second-order valence-electron chi connectivity index (χ2n) is 2.04. The summed E-state index contributed by atoms with van der Waals surface area (Å²) in [5.74, 6) is 0. The van der Waals surface area contributed by atoms with Crippen molar-refractivity contribution in [2.75, 3.05) is 13.2 Å². The zero-order valence-corrected chi connectivity index (χ0v) is 6.72. The molecule has 0 fully saturated rings. The minimum atomic E-state index is -0.229. The summed E-state index contributed by atoms with van der Waals surface area (Å²) in [7, 11) is 0. The molecule has 0 radical (unpaired) electrons. The van der Waals surface area contributed by atoms with Gasteiger partial charge in [-0.05, 0) is 31.5 Å². The molecule has 3 N–H and O–H groups in total. The van der Waals surface area contributed by atoms with E-state index in [-0.39, 0.29) is 6.67 Å². The maximum Gasteiger partial charge on any atom is 0.163 e. The van der Waals surface area contributed by atoms with Crippen LogP contribution in [0.1, 0.15) is 19.3 Å². The zero-order valence-electron chi connectivity index (χ0n) is 5.90. The van der Waals surface area contributed by atoms with Gasteiger partial charge in [-0.25, -0.2) is 0 Å². The van der Waals surface area contributed by atoms with E-state index in [1.807, 2.05) is 0 Å². The highest BCUT2D eigenvalue weighted by atomic mass is 32.1. The van der Waals surface area contributed by atoms with Crippen molar-refractivity contribution in [3.05, 3.63) is 0 Å². The molecule has 0 atom stereocenters. The van der Waals surface area contributed by atoms with Crippen LogP contribution in [0.15, 0.2) is 0 Å². The van der Waals surface area contributed by atoms with Crippen LogP contribution >= 0.6 is 12.2 Å². The molecule has 4 heteroatoms. The zero-order chi connectivity index (χ0) is 7.82. The normalized spacial score (nSPS) is 9.30. The van der Waals surface area contributed by atoms with Crippen molar-refractivity contribution in [2.24, 2.45) is 5.73 Å². The molecule has 0 aliphatic heterocycles. The van der Waals surface area contributed by atoms with Crippen LogP contribution in [0, 0.1) is 0 Å². The standard InChI is InChI=1S/C6H13FN2S/c7-4-2-1-3-5-9-6(8)10/h1-5H2,(H3,8,9,10). The summed E-state index contributed by atoms with van der Waals surface area (Å²) >= 11 is 4.57. The number of halogens is 1. The van der Waals surface area contributed by atoms with Crippen molar-refractivity contribution in [1.29, 1.82) is 0 Å². The molecule has 0 aromatic carbocycles. The second kappa shape index (κ2) is 6.74. The van der Waals surface area contributed by atoms with Gasteiger partial charge in [0.2, 0.25) is 0 Å². The predicted octanol–water partition coefficient (Wildman–Crippen LogP) is 0.959. The van der Waals surface area contributed by atoms with Crippen molar-refractivity contribution < 1.29 is 4.39 Å². The predicted molar refractivity (Wildman–Crippen MR) is 44.6 cm³/mol. The van der Waals surface area contributed by atoms with E-state index in [1.165, 1.54) is 0 Å². The maximum absolute atomic E-state index is 11.5. The third kappa shape index (κ3) is 7.62. The number of unbranched alkanes of at least 4 members (excludes halogenated alkanes) is 2. The minimum absolute atomic E-state index is 0.229. The van der Waals surface area contributed by atoms with Gasteiger partial charge in [0.05, 0.1) is 6.67 Å². The number of rotatable bonds is 5. The number of thiocarbonyl (C=S) groups is 1. The van der Waals surface area contributed by atoms with E-state index >= 15 is 0 Å². The van der Waals surface area contributed by atoms with E-state index in [1.54, 1.807) is 0 Å². The highest BCUT2D eigenvalue weighted by Crippen LogP contribution is 1.93. The lowest BCUT2D eigenvalue weighted by molar-refractivity contribution is 0.456. The molecule has 0 aromatic heterocycles. The van der Waals surface area contributed by atoms with Gasteiger partial charge in [0.15, 0.2) is 5.11 Å². The van der Waals surface area contributed by atoms with E-state index in [4.69, 9.17) is 5.73 Å². The van der Waals surface area contributed by atoms with E-state index in [0.717, 1.165) is 19.4 Å². The van der Waals surface area contributed by atoms with Crippen LogP contribution < -0.4 is 11.1 Å². The lowest BCUT2D eigenvalue weighted by Gasteiger charge is -2.00. The molecule has 0 spiro atoms. The van der Waals surface area contributed by atoms with Gasteiger partial charge >= 0.3 is 0 Å². The van der Waals surface area contributed by atoms with Crippen LogP contribution in [0.4, 0.5) is 4.39 Å². The van der Waals surface area contributed by atoms with Gasteiger partial charge in [-0.2, -0.15) is 0 Å². The molecular formula is C6H13FN2S. The molecule has 0 rings (SSSR count). The first-order valence-electron chi connectivity index (χ1n) is 3.36. The summed E-state index contributed by atoms with van der Waals surface area (Å²) < 4.78 is 11.5. The Hall–Kier alpha value is -0.380. The lowest BCUT2D eigenvalue weighted by Crippen LogP contribution is -2.29. The van der Waals surface area contributed by atoms with Crippen LogP contribution in [-0.2, 0) is 0 Å². The summed E-state index contributed by atoms with van der Waals surface area (Å²) in [5, 5.41) is 3.11. The van der Waals surface area contributed by atoms with Gasteiger partial charge in [-0.15, -0.1) is 0 Å². The Morgan fingerprint density at radius 1 is 1.40 bits per heavy atom. The van der Waals surface area contributed by atoms with Gasteiger partial charge < -0.3 is 11.1 Å². The number of hydrogen-bond donors (Lipinski definition) is 2. The van der Waals surface area contributed by atoms with Crippen LogP contribution in [0.2, 0.25) is 0 Å². The second-order valence-corrected chi connectivity index (χ2v) is 2.48. The van der Waals surface area contributed by atoms with Gasteiger partial charge in [0, 0.05) is 6.54 Å². The summed E-state index contributed by atoms with van der Waals surface area (Å²) in [6.45, 7) is 0.530. The van der Waals surface area contributed by atoms with Crippen molar-refractivity contribution >= 4 is 17.3 Å². The molecule has 2 nitrogen and oxygen atoms in total. The molecular weight excluding hydrogens is 151 g/mol. The quantitative estimate of drug-likeness (QED) is 0.469. The smallest absolute Gasteiger partial charge is 0.163 e. The van der Waals surface area contributed by atoms with E-state index in [0.29, 0.717) is 11.5 Å². The number of nitrogens with two attached hydrogens (primary N) is 1. The van der Waals surface area contributed by atoms with Gasteiger partial charge in [-0.1, -0.05) is 0 Å². The molecule has 60 valence electrons. The fourth-order valence-corrected chi connectivity index (χ4v) is 0.710. The summed E-state index contributed by atoms with van der Waals surface area (Å²) in [4.78, 5) is 0. The summed E-state index contributed by atoms with van der Waals surface area (Å²) in [5.41, 5.74) is 5.15. The SMILES string of the molecule is NC(=S)NCCCCCF. The van der Waals surface area contributed by atoms with Crippen LogP contribution in [0.5, 0.6) is 0 Å². The third-order valence-electron chi connectivity index (χ3n) is 1.11.